The van der Waals surface area contributed by atoms with Crippen molar-refractivity contribution < 1.29 is 14.0 Å². The smallest absolute Gasteiger partial charge is 0.254 e. The zero-order chi connectivity index (χ0) is 14.0. The molecule has 0 bridgehead atoms. The third-order valence-corrected chi connectivity index (χ3v) is 3.51. The van der Waals surface area contributed by atoms with Gasteiger partial charge in [0.15, 0.2) is 0 Å². The van der Waals surface area contributed by atoms with Crippen molar-refractivity contribution in [1.29, 1.82) is 0 Å². The number of rotatable bonds is 2. The summed E-state index contributed by atoms with van der Waals surface area (Å²) in [5, 5.41) is 0.190. The first-order chi connectivity index (χ1) is 8.97. The molecule has 6 heteroatoms. The lowest BCUT2D eigenvalue weighted by atomic mass is 9.96. The van der Waals surface area contributed by atoms with Crippen LogP contribution in [-0.4, -0.2) is 29.8 Å². The van der Waals surface area contributed by atoms with Crippen molar-refractivity contribution in [3.8, 4) is 0 Å². The van der Waals surface area contributed by atoms with Crippen molar-refractivity contribution in [2.45, 2.75) is 12.8 Å². The van der Waals surface area contributed by atoms with Gasteiger partial charge in [-0.25, -0.2) is 4.39 Å². The van der Waals surface area contributed by atoms with Crippen LogP contribution in [0.1, 0.15) is 23.2 Å². The summed E-state index contributed by atoms with van der Waals surface area (Å²) in [5.41, 5.74) is 5.45. The second kappa shape index (κ2) is 5.57. The second-order valence-corrected chi connectivity index (χ2v) is 5.06. The van der Waals surface area contributed by atoms with Crippen LogP contribution in [0.15, 0.2) is 18.2 Å². The van der Waals surface area contributed by atoms with Crippen molar-refractivity contribution in [3.05, 3.63) is 34.6 Å². The highest BCUT2D eigenvalue weighted by Gasteiger charge is 2.26. The SMILES string of the molecule is NC(=O)C1CCN(C(=O)c2cc(F)cc(Cl)c2)CC1. The molecule has 1 saturated heterocycles. The van der Waals surface area contributed by atoms with E-state index in [-0.39, 0.29) is 28.3 Å². The fourth-order valence-electron chi connectivity index (χ4n) is 2.23. The molecule has 4 nitrogen and oxygen atoms in total. The minimum absolute atomic E-state index is 0.180. The summed E-state index contributed by atoms with van der Waals surface area (Å²) in [6.07, 6.45) is 1.09. The van der Waals surface area contributed by atoms with Gasteiger partial charge in [-0.15, -0.1) is 0 Å². The number of halogens is 2. The van der Waals surface area contributed by atoms with Crippen LogP contribution in [0.25, 0.3) is 0 Å². The molecule has 19 heavy (non-hydrogen) atoms. The van der Waals surface area contributed by atoms with Crippen LogP contribution < -0.4 is 5.73 Å². The minimum Gasteiger partial charge on any atom is -0.369 e. The molecule has 102 valence electrons. The zero-order valence-corrected chi connectivity index (χ0v) is 11.0. The average molecular weight is 285 g/mol. The van der Waals surface area contributed by atoms with Gasteiger partial charge in [-0.3, -0.25) is 9.59 Å². The Bertz CT molecular complexity index is 493. The van der Waals surface area contributed by atoms with Gasteiger partial charge < -0.3 is 10.6 Å². The number of primary amides is 1. The van der Waals surface area contributed by atoms with Gasteiger partial charge in [0, 0.05) is 29.6 Å². The molecule has 1 aliphatic rings. The fourth-order valence-corrected chi connectivity index (χ4v) is 2.45. The van der Waals surface area contributed by atoms with Gasteiger partial charge in [0.25, 0.3) is 5.91 Å². The molecule has 2 amide bonds. The molecule has 0 atom stereocenters. The van der Waals surface area contributed by atoms with Gasteiger partial charge in [-0.05, 0) is 31.0 Å². The number of hydrogen-bond donors (Lipinski definition) is 1. The van der Waals surface area contributed by atoms with Crippen molar-refractivity contribution in [3.63, 3.8) is 0 Å². The van der Waals surface area contributed by atoms with Gasteiger partial charge >= 0.3 is 0 Å². The van der Waals surface area contributed by atoms with Crippen LogP contribution in [-0.2, 0) is 4.79 Å². The van der Waals surface area contributed by atoms with E-state index in [1.165, 1.54) is 6.07 Å². The summed E-state index contributed by atoms with van der Waals surface area (Å²) in [6, 6.07) is 3.75. The fraction of sp³-hybridized carbons (Fsp3) is 0.385. The Kier molecular flexibility index (Phi) is 4.04. The van der Waals surface area contributed by atoms with E-state index in [9.17, 15) is 14.0 Å². The van der Waals surface area contributed by atoms with E-state index in [0.29, 0.717) is 25.9 Å². The highest BCUT2D eigenvalue weighted by molar-refractivity contribution is 6.31. The summed E-state index contributed by atoms with van der Waals surface area (Å²) in [7, 11) is 0. The maximum Gasteiger partial charge on any atom is 0.254 e. The summed E-state index contributed by atoms with van der Waals surface area (Å²) in [6.45, 7) is 0.890. The Morgan fingerprint density at radius 2 is 1.89 bits per heavy atom. The first-order valence-corrected chi connectivity index (χ1v) is 6.40. The molecule has 1 fully saturated rings. The lowest BCUT2D eigenvalue weighted by Gasteiger charge is -2.30. The van der Waals surface area contributed by atoms with E-state index in [1.807, 2.05) is 0 Å². The lowest BCUT2D eigenvalue weighted by Crippen LogP contribution is -2.41. The van der Waals surface area contributed by atoms with Crippen molar-refractivity contribution in [2.24, 2.45) is 11.7 Å². The van der Waals surface area contributed by atoms with E-state index in [4.69, 9.17) is 17.3 Å². The molecule has 1 aromatic carbocycles. The molecule has 1 aromatic rings. The summed E-state index contributed by atoms with van der Waals surface area (Å²) < 4.78 is 13.2. The van der Waals surface area contributed by atoms with E-state index in [1.54, 1.807) is 4.90 Å². The predicted octanol–water partition coefficient (Wildman–Crippen LogP) is 1.82. The monoisotopic (exact) mass is 284 g/mol. The highest BCUT2D eigenvalue weighted by Crippen LogP contribution is 2.20. The van der Waals surface area contributed by atoms with E-state index in [2.05, 4.69) is 0 Å². The Balaban J connectivity index is 2.07. The maximum atomic E-state index is 13.2. The Hall–Kier alpha value is -1.62. The highest BCUT2D eigenvalue weighted by atomic mass is 35.5. The molecular weight excluding hydrogens is 271 g/mol. The number of nitrogens with zero attached hydrogens (tertiary/aromatic N) is 1. The molecule has 0 aliphatic carbocycles. The summed E-state index contributed by atoms with van der Waals surface area (Å²) in [5.74, 6) is -1.33. The Labute approximate surface area is 115 Å². The van der Waals surface area contributed by atoms with Gasteiger partial charge in [0.05, 0.1) is 0 Å². The number of piperidine rings is 1. The van der Waals surface area contributed by atoms with Crippen LogP contribution >= 0.6 is 11.6 Å². The normalized spacial score (nSPS) is 16.4. The van der Waals surface area contributed by atoms with E-state index >= 15 is 0 Å². The number of carbonyl (C=O) groups is 2. The third kappa shape index (κ3) is 3.23. The average Bonchev–Trinajstić information content (AvgIpc) is 2.37. The molecule has 0 spiro atoms. The van der Waals surface area contributed by atoms with Crippen LogP contribution in [0.3, 0.4) is 0 Å². The van der Waals surface area contributed by atoms with Gasteiger partial charge in [-0.1, -0.05) is 11.6 Å². The molecule has 0 saturated carbocycles. The molecule has 2 rings (SSSR count). The summed E-state index contributed by atoms with van der Waals surface area (Å²) in [4.78, 5) is 24.8. The standard InChI is InChI=1S/C13H14ClFN2O2/c14-10-5-9(6-11(15)7-10)13(19)17-3-1-8(2-4-17)12(16)18/h5-8H,1-4H2,(H2,16,18). The lowest BCUT2D eigenvalue weighted by molar-refractivity contribution is -0.123. The number of amides is 2. The van der Waals surface area contributed by atoms with Crippen molar-refractivity contribution >= 4 is 23.4 Å². The molecule has 2 N–H and O–H groups in total. The number of carbonyl (C=O) groups excluding carboxylic acids is 2. The first-order valence-electron chi connectivity index (χ1n) is 6.02. The Morgan fingerprint density at radius 3 is 2.42 bits per heavy atom. The van der Waals surface area contributed by atoms with Crippen LogP contribution in [0.2, 0.25) is 5.02 Å². The predicted molar refractivity (Wildman–Crippen MR) is 69.2 cm³/mol. The third-order valence-electron chi connectivity index (χ3n) is 3.29. The number of nitrogens with two attached hydrogens (primary N) is 1. The summed E-state index contributed by atoms with van der Waals surface area (Å²) >= 11 is 5.73. The van der Waals surface area contributed by atoms with Gasteiger partial charge in [-0.2, -0.15) is 0 Å². The first kappa shape index (κ1) is 13.8. The van der Waals surface area contributed by atoms with Gasteiger partial charge in [0.1, 0.15) is 5.82 Å². The van der Waals surface area contributed by atoms with E-state index < -0.39 is 5.82 Å². The topological polar surface area (TPSA) is 63.4 Å². The maximum absolute atomic E-state index is 13.2. The Morgan fingerprint density at radius 1 is 1.26 bits per heavy atom. The second-order valence-electron chi connectivity index (χ2n) is 4.63. The van der Waals surface area contributed by atoms with Gasteiger partial charge in [0.2, 0.25) is 5.91 Å². The zero-order valence-electron chi connectivity index (χ0n) is 10.2. The quantitative estimate of drug-likeness (QED) is 0.900. The van der Waals surface area contributed by atoms with Crippen molar-refractivity contribution in [1.82, 2.24) is 4.90 Å². The van der Waals surface area contributed by atoms with E-state index in [0.717, 1.165) is 12.1 Å². The van der Waals surface area contributed by atoms with Crippen LogP contribution in [0.5, 0.6) is 0 Å². The number of likely N-dealkylation sites (tertiary alicyclic amines) is 1. The molecular formula is C13H14ClFN2O2. The minimum atomic E-state index is -0.539. The molecule has 1 heterocycles. The number of benzene rings is 1. The molecule has 0 radical (unpaired) electrons. The van der Waals surface area contributed by atoms with Crippen LogP contribution in [0, 0.1) is 11.7 Å². The largest absolute Gasteiger partial charge is 0.369 e. The van der Waals surface area contributed by atoms with Crippen molar-refractivity contribution in [2.75, 3.05) is 13.1 Å². The molecule has 1 aliphatic heterocycles. The molecule has 0 unspecified atom stereocenters. The van der Waals surface area contributed by atoms with Crippen LogP contribution in [0.4, 0.5) is 4.39 Å². The number of hydrogen-bond acceptors (Lipinski definition) is 2. The molecule has 0 aromatic heterocycles.